The minimum atomic E-state index is -0.0139. The molecule has 0 saturated heterocycles. The minimum Gasteiger partial charge on any atom is -0.225 e. The average molecular weight is 77.1 g/mol. The predicted octanol–water partition coefficient (Wildman–Crippen LogP) is 0.737. The average Bonchev–Trinajstić information content (AvgIpc) is 1.37. The first kappa shape index (κ1) is 4.31. The Kier molecular flexibility index (Phi) is 3.57. The van der Waals surface area contributed by atoms with Crippen LogP contribution in [0.25, 0.3) is 0 Å². The van der Waals surface area contributed by atoms with Crippen LogP contribution < -0.4 is 0 Å². The Morgan fingerprint density at radius 1 is 2.00 bits per heavy atom. The lowest BCUT2D eigenvalue weighted by Crippen LogP contribution is -1.57. The second-order valence-corrected chi connectivity index (χ2v) is 1.22. The molecule has 0 aromatic heterocycles. The zero-order chi connectivity index (χ0) is 3.41. The van der Waals surface area contributed by atoms with Crippen molar-refractivity contribution in [3.8, 4) is 0 Å². The number of rotatable bonds is 1. The second kappa shape index (κ2) is 3.31. The fraction of sp³-hybridized carbons (Fsp3) is 1.00. The van der Waals surface area contributed by atoms with Crippen molar-refractivity contribution in [1.29, 1.82) is 0 Å². The van der Waals surface area contributed by atoms with Gasteiger partial charge in [-0.05, 0) is 6.26 Å². The zero-order valence-corrected chi connectivity index (χ0v) is 3.34. The van der Waals surface area contributed by atoms with Gasteiger partial charge in [-0.15, -0.1) is 11.8 Å². The maximum absolute atomic E-state index is 9.26. The molecule has 0 unspecified atom stereocenters. The van der Waals surface area contributed by atoms with Crippen LogP contribution in [0.1, 0.15) is 0 Å². The van der Waals surface area contributed by atoms with Crippen LogP contribution in [0.2, 0.25) is 0 Å². The summed E-state index contributed by atoms with van der Waals surface area (Å²) < 4.78 is 0. The normalized spacial score (nSPS) is 7.50. The van der Waals surface area contributed by atoms with Crippen LogP contribution >= 0.6 is 11.8 Å². The fourth-order valence-corrected chi connectivity index (χ4v) is 0. The van der Waals surface area contributed by atoms with E-state index in [4.69, 9.17) is 0 Å². The zero-order valence-electron chi connectivity index (χ0n) is 2.52. The van der Waals surface area contributed by atoms with Crippen LogP contribution in [0.15, 0.2) is 0 Å². The Labute approximate surface area is 30.0 Å². The monoisotopic (exact) mass is 77.0 g/mol. The molecule has 0 N–H and O–H groups in total. The molecule has 1 nitrogen and oxygen atoms in total. The van der Waals surface area contributed by atoms with Gasteiger partial charge in [-0.25, -0.2) is 5.11 Å². The van der Waals surface area contributed by atoms with Crippen LogP contribution in [0, 0.1) is 0 Å². The third-order valence-corrected chi connectivity index (χ3v) is 0.354. The summed E-state index contributed by atoms with van der Waals surface area (Å²) in [7, 11) is 0. The first-order chi connectivity index (χ1) is 1.91. The van der Waals surface area contributed by atoms with E-state index in [0.717, 1.165) is 0 Å². The predicted molar refractivity (Wildman–Crippen MR) is 19.1 cm³/mol. The highest BCUT2D eigenvalue weighted by atomic mass is 32.2. The van der Waals surface area contributed by atoms with Gasteiger partial charge in [-0.3, -0.25) is 0 Å². The van der Waals surface area contributed by atoms with Crippen molar-refractivity contribution < 1.29 is 5.11 Å². The molecule has 0 aliphatic heterocycles. The van der Waals surface area contributed by atoms with E-state index in [1.807, 2.05) is 0 Å². The van der Waals surface area contributed by atoms with Gasteiger partial charge in [0.05, 0.1) is 0 Å². The molecule has 0 amide bonds. The van der Waals surface area contributed by atoms with E-state index in [2.05, 4.69) is 0 Å². The van der Waals surface area contributed by atoms with Crippen molar-refractivity contribution in [2.75, 3.05) is 12.2 Å². The first-order valence-corrected chi connectivity index (χ1v) is 2.38. The van der Waals surface area contributed by atoms with Crippen molar-refractivity contribution in [3.63, 3.8) is 0 Å². The van der Waals surface area contributed by atoms with Gasteiger partial charge in [0.25, 0.3) is 0 Å². The molecule has 0 heterocycles. The summed E-state index contributed by atoms with van der Waals surface area (Å²) in [5, 5.41) is 9.26. The number of thioether (sulfide) groups is 1. The van der Waals surface area contributed by atoms with Gasteiger partial charge in [-0.1, -0.05) is 0 Å². The number of hydrogen-bond acceptors (Lipinski definition) is 1. The molecule has 0 fully saturated rings. The van der Waals surface area contributed by atoms with E-state index in [-0.39, 0.29) is 5.94 Å². The van der Waals surface area contributed by atoms with Gasteiger partial charge < -0.3 is 0 Å². The van der Waals surface area contributed by atoms with Crippen LogP contribution in [-0.2, 0) is 5.11 Å². The molecule has 0 atom stereocenters. The lowest BCUT2D eigenvalue weighted by atomic mass is 11.7. The van der Waals surface area contributed by atoms with E-state index in [1.165, 1.54) is 11.8 Å². The maximum Gasteiger partial charge on any atom is 0.127 e. The Morgan fingerprint density at radius 2 is 2.25 bits per heavy atom. The van der Waals surface area contributed by atoms with E-state index in [0.29, 0.717) is 0 Å². The standard InChI is InChI=1S/C2H5OS/c1-4-2-3/h2H2,1H3. The van der Waals surface area contributed by atoms with Crippen molar-refractivity contribution in [2.45, 2.75) is 0 Å². The molecule has 1 radical (unpaired) electrons. The van der Waals surface area contributed by atoms with Crippen molar-refractivity contribution in [1.82, 2.24) is 0 Å². The SMILES string of the molecule is CSC[O]. The van der Waals surface area contributed by atoms with E-state index in [9.17, 15) is 5.11 Å². The summed E-state index contributed by atoms with van der Waals surface area (Å²) in [5.41, 5.74) is 0. The van der Waals surface area contributed by atoms with Gasteiger partial charge in [-0.2, -0.15) is 0 Å². The Bertz CT molecular complexity index is 8.00. The molecule has 0 aliphatic carbocycles. The molecule has 0 rings (SSSR count). The quantitative estimate of drug-likeness (QED) is 0.422. The summed E-state index contributed by atoms with van der Waals surface area (Å²) in [5.74, 6) is -0.0139. The molecule has 2 heteroatoms. The molecular formula is C2H5OS. The smallest absolute Gasteiger partial charge is 0.127 e. The van der Waals surface area contributed by atoms with Crippen molar-refractivity contribution in [2.24, 2.45) is 0 Å². The van der Waals surface area contributed by atoms with Gasteiger partial charge >= 0.3 is 0 Å². The van der Waals surface area contributed by atoms with E-state index in [1.54, 1.807) is 6.26 Å². The summed E-state index contributed by atoms with van der Waals surface area (Å²) in [6, 6.07) is 0. The van der Waals surface area contributed by atoms with Gasteiger partial charge in [0.15, 0.2) is 0 Å². The van der Waals surface area contributed by atoms with E-state index >= 15 is 0 Å². The Balaban J connectivity index is 1.97. The lowest BCUT2D eigenvalue weighted by Gasteiger charge is -1.66. The molecule has 0 aliphatic rings. The third-order valence-electron chi connectivity index (χ3n) is 0.118. The minimum absolute atomic E-state index is 0.0139. The highest BCUT2D eigenvalue weighted by molar-refractivity contribution is 7.98. The molecule has 0 aromatic carbocycles. The fourth-order valence-electron chi connectivity index (χ4n) is 0. The van der Waals surface area contributed by atoms with Crippen molar-refractivity contribution in [3.05, 3.63) is 0 Å². The van der Waals surface area contributed by atoms with Crippen LogP contribution in [0.3, 0.4) is 0 Å². The third kappa shape index (κ3) is 2.31. The van der Waals surface area contributed by atoms with Crippen LogP contribution in [0.4, 0.5) is 0 Å². The van der Waals surface area contributed by atoms with Crippen LogP contribution in [-0.4, -0.2) is 12.2 Å². The highest BCUT2D eigenvalue weighted by Crippen LogP contribution is 1.81. The highest BCUT2D eigenvalue weighted by Gasteiger charge is 1.59. The molecule has 0 aromatic rings. The lowest BCUT2D eigenvalue weighted by molar-refractivity contribution is 0.261. The second-order valence-electron chi connectivity index (χ2n) is 0.407. The van der Waals surface area contributed by atoms with Gasteiger partial charge in [0.2, 0.25) is 0 Å². The summed E-state index contributed by atoms with van der Waals surface area (Å²) in [6.07, 6.45) is 1.78. The summed E-state index contributed by atoms with van der Waals surface area (Å²) >= 11 is 1.30. The topological polar surface area (TPSA) is 19.9 Å². The van der Waals surface area contributed by atoms with Gasteiger partial charge in [0, 0.05) is 0 Å². The van der Waals surface area contributed by atoms with Crippen molar-refractivity contribution >= 4 is 11.8 Å². The molecule has 0 bridgehead atoms. The van der Waals surface area contributed by atoms with Gasteiger partial charge in [0.1, 0.15) is 5.94 Å². The molecular weight excluding hydrogens is 72.1 g/mol. The Morgan fingerprint density at radius 3 is 2.25 bits per heavy atom. The maximum atomic E-state index is 9.26. The molecule has 0 spiro atoms. The van der Waals surface area contributed by atoms with E-state index < -0.39 is 0 Å². The molecule has 4 heavy (non-hydrogen) atoms. The summed E-state index contributed by atoms with van der Waals surface area (Å²) in [4.78, 5) is 0. The first-order valence-electron chi connectivity index (χ1n) is 0.986. The Hall–Kier alpha value is 0.310. The summed E-state index contributed by atoms with van der Waals surface area (Å²) in [6.45, 7) is 0. The largest absolute Gasteiger partial charge is 0.225 e. The number of hydrogen-bond donors (Lipinski definition) is 0. The molecule has 0 saturated carbocycles. The van der Waals surface area contributed by atoms with Crippen LogP contribution in [0.5, 0.6) is 0 Å². The molecule has 25 valence electrons.